The normalized spacial score (nSPS) is 11.5. The van der Waals surface area contributed by atoms with Gasteiger partial charge in [-0.2, -0.15) is 0 Å². The fourth-order valence-electron chi connectivity index (χ4n) is 3.09. The number of anilines is 2. The summed E-state index contributed by atoms with van der Waals surface area (Å²) in [6.45, 7) is 9.90. The molecule has 0 bridgehead atoms. The fraction of sp³-hybridized carbons (Fsp3) is 0.440. The average molecular weight is 426 g/mol. The number of nitrogens with zero attached hydrogens (tertiary/aromatic N) is 1. The minimum Gasteiger partial charge on any atom is -0.491 e. The van der Waals surface area contributed by atoms with Crippen LogP contribution in [0.1, 0.15) is 57.3 Å². The van der Waals surface area contributed by atoms with E-state index in [1.54, 1.807) is 24.3 Å². The van der Waals surface area contributed by atoms with E-state index in [0.29, 0.717) is 11.3 Å². The zero-order chi connectivity index (χ0) is 22.6. The van der Waals surface area contributed by atoms with Crippen LogP contribution in [0.4, 0.5) is 11.4 Å². The van der Waals surface area contributed by atoms with Crippen molar-refractivity contribution in [2.75, 3.05) is 30.3 Å². The lowest BCUT2D eigenvalue weighted by atomic mass is 10.1. The molecule has 31 heavy (non-hydrogen) atoms. The predicted molar refractivity (Wildman–Crippen MR) is 127 cm³/mol. The zero-order valence-corrected chi connectivity index (χ0v) is 19.1. The largest absolute Gasteiger partial charge is 0.491 e. The molecule has 0 saturated heterocycles. The first kappa shape index (κ1) is 24.3. The van der Waals surface area contributed by atoms with E-state index in [1.165, 1.54) is 0 Å². The Hall–Kier alpha value is -3.02. The number of carbonyl (C=O) groups excluding carboxylic acids is 2. The smallest absolute Gasteiger partial charge is 0.253 e. The van der Waals surface area contributed by atoms with E-state index >= 15 is 0 Å². The van der Waals surface area contributed by atoms with Gasteiger partial charge < -0.3 is 20.3 Å². The first-order chi connectivity index (χ1) is 15.0. The number of benzene rings is 2. The van der Waals surface area contributed by atoms with E-state index in [2.05, 4.69) is 31.4 Å². The Balaban J connectivity index is 1.85. The SMILES string of the molecule is CCCN(CCC)C(=O)c1ccc(NC(=O)CNc2ccc(OC(C)CC)cc2)cc1. The highest BCUT2D eigenvalue weighted by Gasteiger charge is 2.14. The molecule has 6 nitrogen and oxygen atoms in total. The van der Waals surface area contributed by atoms with Gasteiger partial charge in [-0.1, -0.05) is 20.8 Å². The number of rotatable bonds is 12. The second-order valence-electron chi connectivity index (χ2n) is 7.63. The van der Waals surface area contributed by atoms with Crippen LogP contribution in [0.5, 0.6) is 5.75 Å². The van der Waals surface area contributed by atoms with E-state index in [0.717, 1.165) is 43.8 Å². The van der Waals surface area contributed by atoms with E-state index in [-0.39, 0.29) is 24.5 Å². The van der Waals surface area contributed by atoms with Crippen molar-refractivity contribution in [1.29, 1.82) is 0 Å². The molecule has 2 rings (SSSR count). The van der Waals surface area contributed by atoms with E-state index in [9.17, 15) is 9.59 Å². The second kappa shape index (κ2) is 12.6. The lowest BCUT2D eigenvalue weighted by Gasteiger charge is -2.21. The van der Waals surface area contributed by atoms with Crippen LogP contribution in [0.2, 0.25) is 0 Å². The average Bonchev–Trinajstić information content (AvgIpc) is 2.78. The van der Waals surface area contributed by atoms with Crippen molar-refractivity contribution in [2.45, 2.75) is 53.1 Å². The number of carbonyl (C=O) groups is 2. The maximum Gasteiger partial charge on any atom is 0.253 e. The summed E-state index contributed by atoms with van der Waals surface area (Å²) in [6, 6.07) is 14.6. The van der Waals surface area contributed by atoms with Gasteiger partial charge in [0, 0.05) is 30.0 Å². The van der Waals surface area contributed by atoms with Gasteiger partial charge in [-0.05, 0) is 74.7 Å². The highest BCUT2D eigenvalue weighted by molar-refractivity contribution is 5.96. The molecule has 0 aromatic heterocycles. The van der Waals surface area contributed by atoms with Crippen molar-refractivity contribution in [1.82, 2.24) is 4.90 Å². The van der Waals surface area contributed by atoms with Crippen LogP contribution in [0.25, 0.3) is 0 Å². The molecule has 0 saturated carbocycles. The molecule has 6 heteroatoms. The third-order valence-corrected chi connectivity index (χ3v) is 4.91. The molecular formula is C25H35N3O3. The molecule has 1 atom stereocenters. The van der Waals surface area contributed by atoms with Crippen molar-refractivity contribution in [2.24, 2.45) is 0 Å². The van der Waals surface area contributed by atoms with Crippen molar-refractivity contribution in [3.8, 4) is 5.75 Å². The molecule has 0 spiro atoms. The maximum atomic E-state index is 12.6. The van der Waals surface area contributed by atoms with Gasteiger partial charge in [-0.15, -0.1) is 0 Å². The second-order valence-corrected chi connectivity index (χ2v) is 7.63. The molecule has 0 aliphatic rings. The van der Waals surface area contributed by atoms with E-state index in [1.807, 2.05) is 36.1 Å². The Morgan fingerprint density at radius 2 is 1.48 bits per heavy atom. The molecule has 0 heterocycles. The van der Waals surface area contributed by atoms with Gasteiger partial charge in [0.1, 0.15) is 5.75 Å². The summed E-state index contributed by atoms with van der Waals surface area (Å²) in [7, 11) is 0. The Morgan fingerprint density at radius 3 is 2.03 bits per heavy atom. The third-order valence-electron chi connectivity index (χ3n) is 4.91. The van der Waals surface area contributed by atoms with Crippen LogP contribution in [0.15, 0.2) is 48.5 Å². The van der Waals surface area contributed by atoms with Crippen LogP contribution in [0.3, 0.4) is 0 Å². The lowest BCUT2D eigenvalue weighted by Crippen LogP contribution is -2.32. The van der Waals surface area contributed by atoms with E-state index < -0.39 is 0 Å². The summed E-state index contributed by atoms with van der Waals surface area (Å²) >= 11 is 0. The van der Waals surface area contributed by atoms with Gasteiger partial charge in [0.25, 0.3) is 5.91 Å². The van der Waals surface area contributed by atoms with Gasteiger partial charge in [-0.3, -0.25) is 9.59 Å². The highest BCUT2D eigenvalue weighted by Crippen LogP contribution is 2.18. The molecule has 2 aromatic carbocycles. The van der Waals surface area contributed by atoms with Crippen molar-refractivity contribution in [3.63, 3.8) is 0 Å². The Morgan fingerprint density at radius 1 is 0.903 bits per heavy atom. The molecule has 0 aliphatic carbocycles. The van der Waals surface area contributed by atoms with Crippen LogP contribution < -0.4 is 15.4 Å². The minimum absolute atomic E-state index is 0.0315. The molecule has 0 aliphatic heterocycles. The number of ether oxygens (including phenoxy) is 1. The quantitative estimate of drug-likeness (QED) is 0.492. The molecule has 2 N–H and O–H groups in total. The number of hydrogen-bond donors (Lipinski definition) is 2. The molecule has 168 valence electrons. The summed E-state index contributed by atoms with van der Waals surface area (Å²) in [5, 5.41) is 5.96. The molecular weight excluding hydrogens is 390 g/mol. The lowest BCUT2D eigenvalue weighted by molar-refractivity contribution is -0.114. The topological polar surface area (TPSA) is 70.7 Å². The molecule has 1 unspecified atom stereocenters. The summed E-state index contributed by atoms with van der Waals surface area (Å²) in [5.74, 6) is 0.692. The first-order valence-corrected chi connectivity index (χ1v) is 11.2. The molecule has 2 amide bonds. The Bertz CT molecular complexity index is 813. The number of amides is 2. The van der Waals surface area contributed by atoms with Crippen molar-refractivity contribution < 1.29 is 14.3 Å². The fourth-order valence-corrected chi connectivity index (χ4v) is 3.09. The van der Waals surface area contributed by atoms with Crippen molar-refractivity contribution in [3.05, 3.63) is 54.1 Å². The highest BCUT2D eigenvalue weighted by atomic mass is 16.5. The third kappa shape index (κ3) is 7.96. The summed E-state index contributed by atoms with van der Waals surface area (Å²) in [5.41, 5.74) is 2.15. The summed E-state index contributed by atoms with van der Waals surface area (Å²) in [6.07, 6.45) is 2.99. The van der Waals surface area contributed by atoms with Crippen LogP contribution >= 0.6 is 0 Å². The van der Waals surface area contributed by atoms with Gasteiger partial charge in [-0.25, -0.2) is 0 Å². The molecule has 2 aromatic rings. The molecule has 0 radical (unpaired) electrons. The Kier molecular flexibility index (Phi) is 9.88. The van der Waals surface area contributed by atoms with Crippen molar-refractivity contribution >= 4 is 23.2 Å². The van der Waals surface area contributed by atoms with Gasteiger partial charge in [0.05, 0.1) is 12.6 Å². The first-order valence-electron chi connectivity index (χ1n) is 11.2. The van der Waals surface area contributed by atoms with Crippen LogP contribution in [-0.2, 0) is 4.79 Å². The van der Waals surface area contributed by atoms with Gasteiger partial charge >= 0.3 is 0 Å². The maximum absolute atomic E-state index is 12.6. The predicted octanol–water partition coefficient (Wildman–Crippen LogP) is 5.18. The summed E-state index contributed by atoms with van der Waals surface area (Å²) < 4.78 is 5.76. The van der Waals surface area contributed by atoms with Gasteiger partial charge in [0.2, 0.25) is 5.91 Å². The van der Waals surface area contributed by atoms with Gasteiger partial charge in [0.15, 0.2) is 0 Å². The zero-order valence-electron chi connectivity index (χ0n) is 19.1. The summed E-state index contributed by atoms with van der Waals surface area (Å²) in [4.78, 5) is 26.8. The number of hydrogen-bond acceptors (Lipinski definition) is 4. The van der Waals surface area contributed by atoms with E-state index in [4.69, 9.17) is 4.74 Å². The molecule has 0 fully saturated rings. The Labute approximate surface area is 186 Å². The van der Waals surface area contributed by atoms with Crippen LogP contribution in [-0.4, -0.2) is 42.5 Å². The minimum atomic E-state index is -0.155. The monoisotopic (exact) mass is 425 g/mol. The standard InChI is InChI=1S/C25H35N3O3/c1-5-16-28(17-6-2)25(30)20-8-10-22(11-9-20)27-24(29)18-26-21-12-14-23(15-13-21)31-19(4)7-3/h8-15,19,26H,5-7,16-18H2,1-4H3,(H,27,29). The van der Waals surface area contributed by atoms with Crippen LogP contribution in [0, 0.1) is 0 Å². The number of nitrogens with one attached hydrogen (secondary N) is 2.